The van der Waals surface area contributed by atoms with Crippen molar-refractivity contribution in [3.8, 4) is 0 Å². The zero-order valence-electron chi connectivity index (χ0n) is 6.74. The van der Waals surface area contributed by atoms with Crippen LogP contribution >= 0.6 is 12.6 Å². The fourth-order valence-corrected chi connectivity index (χ4v) is 1.03. The van der Waals surface area contributed by atoms with Crippen LogP contribution < -0.4 is 0 Å². The molecule has 0 radical (unpaired) electrons. The molecule has 0 spiro atoms. The van der Waals surface area contributed by atoms with Gasteiger partial charge in [0, 0.05) is 12.0 Å². The lowest BCUT2D eigenvalue weighted by atomic mass is 10.1. The van der Waals surface area contributed by atoms with Crippen molar-refractivity contribution in [1.82, 2.24) is 0 Å². The molecule has 1 nitrogen and oxygen atoms in total. The van der Waals surface area contributed by atoms with Gasteiger partial charge in [-0.1, -0.05) is 12.1 Å². The Hall–Kier alpha value is -0.470. The summed E-state index contributed by atoms with van der Waals surface area (Å²) in [5.74, 6) is 0. The first-order valence-corrected chi connectivity index (χ1v) is 4.00. The van der Waals surface area contributed by atoms with Crippen molar-refractivity contribution in [3.05, 3.63) is 29.8 Å². The topological polar surface area (TPSA) is 9.23 Å². The van der Waals surface area contributed by atoms with E-state index in [0.717, 1.165) is 4.90 Å². The Kier molecular flexibility index (Phi) is 2.97. The Morgan fingerprint density at radius 1 is 1.27 bits per heavy atom. The number of rotatable bonds is 2. The van der Waals surface area contributed by atoms with Gasteiger partial charge in [0.15, 0.2) is 0 Å². The van der Waals surface area contributed by atoms with Crippen molar-refractivity contribution in [2.45, 2.75) is 17.9 Å². The van der Waals surface area contributed by atoms with Gasteiger partial charge in [-0.15, -0.1) is 12.6 Å². The summed E-state index contributed by atoms with van der Waals surface area (Å²) in [5, 5.41) is 0. The molecule has 11 heavy (non-hydrogen) atoms. The predicted octanol–water partition coefficient (Wildman–Crippen LogP) is 2.68. The van der Waals surface area contributed by atoms with Crippen molar-refractivity contribution in [1.29, 1.82) is 0 Å². The van der Waals surface area contributed by atoms with Crippen LogP contribution in [0.1, 0.15) is 18.6 Å². The highest BCUT2D eigenvalue weighted by atomic mass is 32.1. The van der Waals surface area contributed by atoms with E-state index in [1.54, 1.807) is 7.11 Å². The molecule has 0 aromatic heterocycles. The second-order valence-electron chi connectivity index (χ2n) is 2.47. The monoisotopic (exact) mass is 168 g/mol. The van der Waals surface area contributed by atoms with Gasteiger partial charge in [-0.25, -0.2) is 0 Å². The molecule has 0 heterocycles. The number of ether oxygens (including phenoxy) is 1. The van der Waals surface area contributed by atoms with Gasteiger partial charge in [-0.05, 0) is 24.6 Å². The summed E-state index contributed by atoms with van der Waals surface area (Å²) in [6.45, 7) is 2.02. The molecule has 0 amide bonds. The van der Waals surface area contributed by atoms with E-state index in [9.17, 15) is 0 Å². The van der Waals surface area contributed by atoms with Crippen molar-refractivity contribution >= 4 is 12.6 Å². The van der Waals surface area contributed by atoms with Crippen LogP contribution in [0.3, 0.4) is 0 Å². The first-order valence-electron chi connectivity index (χ1n) is 3.55. The fraction of sp³-hybridized carbons (Fsp3) is 0.333. The summed E-state index contributed by atoms with van der Waals surface area (Å²) in [4.78, 5) is 0.983. The molecule has 0 fully saturated rings. The average Bonchev–Trinajstić information content (AvgIpc) is 2.05. The summed E-state index contributed by atoms with van der Waals surface area (Å²) in [6, 6.07) is 7.98. The Labute approximate surface area is 72.8 Å². The maximum absolute atomic E-state index is 5.15. The van der Waals surface area contributed by atoms with E-state index in [1.165, 1.54) is 5.56 Å². The van der Waals surface area contributed by atoms with Crippen LogP contribution in [0.15, 0.2) is 29.2 Å². The van der Waals surface area contributed by atoms with Gasteiger partial charge in [-0.2, -0.15) is 0 Å². The van der Waals surface area contributed by atoms with Gasteiger partial charge < -0.3 is 4.74 Å². The molecule has 0 aliphatic heterocycles. The molecule has 2 heteroatoms. The van der Waals surface area contributed by atoms with E-state index in [2.05, 4.69) is 12.6 Å². The third-order valence-corrected chi connectivity index (χ3v) is 2.01. The molecule has 0 N–H and O–H groups in total. The van der Waals surface area contributed by atoms with Crippen molar-refractivity contribution in [2.75, 3.05) is 7.11 Å². The average molecular weight is 168 g/mol. The lowest BCUT2D eigenvalue weighted by Crippen LogP contribution is -1.94. The van der Waals surface area contributed by atoms with Crippen molar-refractivity contribution in [2.24, 2.45) is 0 Å². The third kappa shape index (κ3) is 2.24. The molecular weight excluding hydrogens is 156 g/mol. The first-order chi connectivity index (χ1) is 5.24. The fourth-order valence-electron chi connectivity index (χ4n) is 0.881. The van der Waals surface area contributed by atoms with E-state index in [4.69, 9.17) is 4.74 Å². The second kappa shape index (κ2) is 3.79. The quantitative estimate of drug-likeness (QED) is 0.668. The van der Waals surface area contributed by atoms with Crippen LogP contribution in [0, 0.1) is 0 Å². The number of hydrogen-bond acceptors (Lipinski definition) is 2. The van der Waals surface area contributed by atoms with E-state index in [-0.39, 0.29) is 6.10 Å². The van der Waals surface area contributed by atoms with Crippen molar-refractivity contribution in [3.63, 3.8) is 0 Å². The largest absolute Gasteiger partial charge is 0.377 e. The molecule has 0 unspecified atom stereocenters. The minimum atomic E-state index is 0.170. The van der Waals surface area contributed by atoms with E-state index >= 15 is 0 Å². The van der Waals surface area contributed by atoms with Gasteiger partial charge in [0.1, 0.15) is 0 Å². The zero-order valence-corrected chi connectivity index (χ0v) is 7.64. The first kappa shape index (κ1) is 8.62. The summed E-state index contributed by atoms with van der Waals surface area (Å²) >= 11 is 4.19. The Bertz CT molecular complexity index is 218. The summed E-state index contributed by atoms with van der Waals surface area (Å²) < 4.78 is 5.15. The van der Waals surface area contributed by atoms with Crippen LogP contribution in [0.5, 0.6) is 0 Å². The number of hydrogen-bond donors (Lipinski definition) is 1. The molecule has 60 valence electrons. The highest BCUT2D eigenvalue weighted by Gasteiger charge is 2.00. The number of thiol groups is 1. The van der Waals surface area contributed by atoms with Gasteiger partial charge >= 0.3 is 0 Å². The zero-order chi connectivity index (χ0) is 8.27. The Morgan fingerprint density at radius 3 is 2.27 bits per heavy atom. The van der Waals surface area contributed by atoms with Crippen LogP contribution in [-0.2, 0) is 4.74 Å². The smallest absolute Gasteiger partial charge is 0.0793 e. The van der Waals surface area contributed by atoms with Crippen LogP contribution in [-0.4, -0.2) is 7.11 Å². The Morgan fingerprint density at radius 2 is 1.82 bits per heavy atom. The third-order valence-electron chi connectivity index (χ3n) is 1.72. The summed E-state index contributed by atoms with van der Waals surface area (Å²) in [7, 11) is 1.71. The van der Waals surface area contributed by atoms with Crippen LogP contribution in [0.2, 0.25) is 0 Å². The molecule has 1 rings (SSSR count). The molecule has 0 saturated carbocycles. The van der Waals surface area contributed by atoms with Gasteiger partial charge in [0.05, 0.1) is 6.10 Å². The minimum absolute atomic E-state index is 0.170. The van der Waals surface area contributed by atoms with Gasteiger partial charge in [0.2, 0.25) is 0 Å². The van der Waals surface area contributed by atoms with E-state index in [1.807, 2.05) is 31.2 Å². The minimum Gasteiger partial charge on any atom is -0.377 e. The van der Waals surface area contributed by atoms with Gasteiger partial charge in [0.25, 0.3) is 0 Å². The summed E-state index contributed by atoms with van der Waals surface area (Å²) in [6.07, 6.45) is 0.170. The molecule has 0 bridgehead atoms. The standard InChI is InChI=1S/C9H12OS/c1-7(10-2)8-3-5-9(11)6-4-8/h3-7,11H,1-2H3/t7-/m1/s1. The van der Waals surface area contributed by atoms with Crippen molar-refractivity contribution < 1.29 is 4.74 Å². The highest BCUT2D eigenvalue weighted by molar-refractivity contribution is 7.80. The van der Waals surface area contributed by atoms with E-state index in [0.29, 0.717) is 0 Å². The van der Waals surface area contributed by atoms with E-state index < -0.39 is 0 Å². The number of methoxy groups -OCH3 is 1. The molecular formula is C9H12OS. The van der Waals surface area contributed by atoms with Gasteiger partial charge in [-0.3, -0.25) is 0 Å². The van der Waals surface area contributed by atoms with Crippen LogP contribution in [0.25, 0.3) is 0 Å². The van der Waals surface area contributed by atoms with Crippen LogP contribution in [0.4, 0.5) is 0 Å². The normalized spacial score (nSPS) is 13.0. The number of benzene rings is 1. The molecule has 0 saturated heterocycles. The molecule has 1 aromatic carbocycles. The summed E-state index contributed by atoms with van der Waals surface area (Å²) in [5.41, 5.74) is 1.19. The SMILES string of the molecule is CO[C@H](C)c1ccc(S)cc1. The lowest BCUT2D eigenvalue weighted by molar-refractivity contribution is 0.119. The molecule has 1 aromatic rings. The second-order valence-corrected chi connectivity index (χ2v) is 2.99. The molecule has 0 aliphatic rings. The highest BCUT2D eigenvalue weighted by Crippen LogP contribution is 2.16. The predicted molar refractivity (Wildman–Crippen MR) is 49.1 cm³/mol. The molecule has 1 atom stereocenters. The molecule has 0 aliphatic carbocycles. The maximum atomic E-state index is 5.15. The Balaban J connectivity index is 2.81. The lowest BCUT2D eigenvalue weighted by Gasteiger charge is -2.08. The maximum Gasteiger partial charge on any atom is 0.0793 e.